The number of rotatable bonds is 7. The molecule has 1 N–H and O–H groups in total. The molecule has 4 rings (SSSR count). The molecule has 0 saturated carbocycles. The van der Waals surface area contributed by atoms with Crippen LogP contribution in [-0.4, -0.2) is 22.8 Å². The fourth-order valence-corrected chi connectivity index (χ4v) is 3.83. The lowest BCUT2D eigenvalue weighted by atomic mass is 10.2. The summed E-state index contributed by atoms with van der Waals surface area (Å²) < 4.78 is 7.08. The van der Waals surface area contributed by atoms with Gasteiger partial charge in [-0.15, -0.1) is 11.3 Å². The Hall–Kier alpha value is -3.38. The smallest absolute Gasteiger partial charge is 0.251 e. The largest absolute Gasteiger partial charge is 0.497 e. The Kier molecular flexibility index (Phi) is 5.72. The molecule has 2 aromatic carbocycles. The van der Waals surface area contributed by atoms with Gasteiger partial charge >= 0.3 is 0 Å². The molecule has 29 heavy (non-hydrogen) atoms. The van der Waals surface area contributed by atoms with E-state index in [-0.39, 0.29) is 5.91 Å². The summed E-state index contributed by atoms with van der Waals surface area (Å²) in [6.45, 7) is 1.10. The number of amides is 1. The Morgan fingerprint density at radius 2 is 1.86 bits per heavy atom. The Morgan fingerprint density at radius 3 is 2.55 bits per heavy atom. The number of nitrogens with one attached hydrogen (secondary N) is 1. The second-order valence-electron chi connectivity index (χ2n) is 6.57. The minimum atomic E-state index is -0.124. The van der Waals surface area contributed by atoms with Gasteiger partial charge in [0.1, 0.15) is 11.4 Å². The number of nitrogens with zero attached hydrogens (tertiary/aromatic N) is 2. The molecule has 4 aromatic rings. The molecule has 0 aliphatic rings. The first-order valence-electron chi connectivity index (χ1n) is 9.29. The summed E-state index contributed by atoms with van der Waals surface area (Å²) in [6.07, 6.45) is 2.01. The van der Waals surface area contributed by atoms with Crippen molar-refractivity contribution in [1.29, 1.82) is 0 Å². The van der Waals surface area contributed by atoms with Crippen molar-refractivity contribution in [2.45, 2.75) is 13.1 Å². The Labute approximate surface area is 173 Å². The molecule has 0 spiro atoms. The Morgan fingerprint density at radius 1 is 1.07 bits per heavy atom. The minimum Gasteiger partial charge on any atom is -0.497 e. The lowest BCUT2D eigenvalue weighted by Crippen LogP contribution is -2.22. The van der Waals surface area contributed by atoms with Crippen LogP contribution < -0.4 is 10.1 Å². The fourth-order valence-electron chi connectivity index (χ4n) is 3.08. The summed E-state index contributed by atoms with van der Waals surface area (Å²) in [7, 11) is 1.61. The highest BCUT2D eigenvalue weighted by Crippen LogP contribution is 2.27. The number of hydrogen-bond donors (Lipinski definition) is 1. The van der Waals surface area contributed by atoms with Gasteiger partial charge in [-0.2, -0.15) is 5.10 Å². The van der Waals surface area contributed by atoms with Crippen molar-refractivity contribution in [3.8, 4) is 16.3 Å². The molecular formula is C23H21N3O2S. The molecule has 0 saturated heterocycles. The highest BCUT2D eigenvalue weighted by atomic mass is 32.1. The SMILES string of the molecule is COc1ccc(C(=O)NCc2cn(Cc3ccccc3)nc2-c2cccs2)cc1. The van der Waals surface area contributed by atoms with Crippen LogP contribution in [0.4, 0.5) is 0 Å². The van der Waals surface area contributed by atoms with Crippen molar-refractivity contribution < 1.29 is 9.53 Å². The van der Waals surface area contributed by atoms with Crippen LogP contribution >= 0.6 is 11.3 Å². The maximum absolute atomic E-state index is 12.5. The van der Waals surface area contributed by atoms with Crippen LogP contribution in [0.2, 0.25) is 0 Å². The van der Waals surface area contributed by atoms with Gasteiger partial charge in [-0.3, -0.25) is 9.48 Å². The van der Waals surface area contributed by atoms with Crippen LogP contribution in [0.15, 0.2) is 78.3 Å². The van der Waals surface area contributed by atoms with E-state index in [0.29, 0.717) is 18.7 Å². The standard InChI is InChI=1S/C23H21N3O2S/c1-28-20-11-9-18(10-12-20)23(27)24-14-19-16-26(15-17-6-3-2-4-7-17)25-22(19)21-8-5-13-29-21/h2-13,16H,14-15H2,1H3,(H,24,27). The van der Waals surface area contributed by atoms with Gasteiger partial charge in [0.25, 0.3) is 5.91 Å². The summed E-state index contributed by atoms with van der Waals surface area (Å²) in [5.41, 5.74) is 3.68. The number of aromatic nitrogens is 2. The second kappa shape index (κ2) is 8.75. The molecule has 146 valence electrons. The van der Waals surface area contributed by atoms with E-state index in [1.165, 1.54) is 5.56 Å². The molecule has 0 unspecified atom stereocenters. The lowest BCUT2D eigenvalue weighted by Gasteiger charge is -2.06. The van der Waals surface area contributed by atoms with Crippen molar-refractivity contribution in [3.05, 3.63) is 95.0 Å². The van der Waals surface area contributed by atoms with Crippen LogP contribution in [0.5, 0.6) is 5.75 Å². The number of benzene rings is 2. The first-order valence-corrected chi connectivity index (χ1v) is 10.2. The molecule has 6 heteroatoms. The van der Waals surface area contributed by atoms with Gasteiger partial charge in [0.05, 0.1) is 18.5 Å². The average molecular weight is 404 g/mol. The van der Waals surface area contributed by atoms with Crippen molar-refractivity contribution >= 4 is 17.2 Å². The first-order chi connectivity index (χ1) is 14.2. The number of thiophene rings is 1. The summed E-state index contributed by atoms with van der Waals surface area (Å²) >= 11 is 1.64. The van der Waals surface area contributed by atoms with E-state index in [1.54, 1.807) is 42.7 Å². The zero-order valence-corrected chi connectivity index (χ0v) is 16.9. The quantitative estimate of drug-likeness (QED) is 0.491. The average Bonchev–Trinajstić information content (AvgIpc) is 3.42. The summed E-state index contributed by atoms with van der Waals surface area (Å²) in [6, 6.07) is 21.3. The van der Waals surface area contributed by atoms with Crippen molar-refractivity contribution in [2.24, 2.45) is 0 Å². The highest BCUT2D eigenvalue weighted by Gasteiger charge is 2.14. The molecule has 0 bridgehead atoms. The van der Waals surface area contributed by atoms with Gasteiger partial charge in [0.2, 0.25) is 0 Å². The van der Waals surface area contributed by atoms with Crippen LogP contribution in [0.25, 0.3) is 10.6 Å². The third kappa shape index (κ3) is 4.55. The molecular weight excluding hydrogens is 382 g/mol. The Bertz CT molecular complexity index is 1070. The van der Waals surface area contributed by atoms with Gasteiger partial charge in [-0.1, -0.05) is 36.4 Å². The predicted octanol–water partition coefficient (Wildman–Crippen LogP) is 4.60. The Balaban J connectivity index is 1.52. The van der Waals surface area contributed by atoms with Crippen LogP contribution in [0.1, 0.15) is 21.5 Å². The molecule has 0 radical (unpaired) electrons. The number of hydrogen-bond acceptors (Lipinski definition) is 4. The first kappa shape index (κ1) is 19.0. The number of ether oxygens (including phenoxy) is 1. The molecule has 2 aromatic heterocycles. The molecule has 2 heterocycles. The molecule has 0 atom stereocenters. The predicted molar refractivity (Wildman–Crippen MR) is 115 cm³/mol. The van der Waals surface area contributed by atoms with E-state index in [1.807, 2.05) is 40.5 Å². The lowest BCUT2D eigenvalue weighted by molar-refractivity contribution is 0.0951. The molecule has 5 nitrogen and oxygen atoms in total. The number of methoxy groups -OCH3 is 1. The van der Waals surface area contributed by atoms with E-state index in [4.69, 9.17) is 9.84 Å². The number of carbonyl (C=O) groups is 1. The number of carbonyl (C=O) groups excluding carboxylic acids is 1. The molecule has 1 amide bonds. The van der Waals surface area contributed by atoms with Gasteiger partial charge in [0.15, 0.2) is 0 Å². The van der Waals surface area contributed by atoms with Gasteiger partial charge in [0, 0.05) is 23.9 Å². The fraction of sp³-hybridized carbons (Fsp3) is 0.130. The summed E-state index contributed by atoms with van der Waals surface area (Å²) in [5.74, 6) is 0.601. The minimum absolute atomic E-state index is 0.124. The zero-order chi connectivity index (χ0) is 20.1. The van der Waals surface area contributed by atoms with Crippen molar-refractivity contribution in [1.82, 2.24) is 15.1 Å². The summed E-state index contributed by atoms with van der Waals surface area (Å²) in [4.78, 5) is 13.6. The zero-order valence-electron chi connectivity index (χ0n) is 16.0. The van der Waals surface area contributed by atoms with E-state index >= 15 is 0 Å². The van der Waals surface area contributed by atoms with E-state index in [2.05, 4.69) is 23.5 Å². The van der Waals surface area contributed by atoms with Crippen LogP contribution in [0, 0.1) is 0 Å². The second-order valence-corrected chi connectivity index (χ2v) is 7.52. The monoisotopic (exact) mass is 403 g/mol. The van der Waals surface area contributed by atoms with Crippen molar-refractivity contribution in [3.63, 3.8) is 0 Å². The van der Waals surface area contributed by atoms with Crippen molar-refractivity contribution in [2.75, 3.05) is 7.11 Å². The van der Waals surface area contributed by atoms with E-state index < -0.39 is 0 Å². The van der Waals surface area contributed by atoms with Gasteiger partial charge in [-0.25, -0.2) is 0 Å². The molecule has 0 aliphatic heterocycles. The topological polar surface area (TPSA) is 56.1 Å². The van der Waals surface area contributed by atoms with Crippen LogP contribution in [-0.2, 0) is 13.1 Å². The maximum Gasteiger partial charge on any atom is 0.251 e. The highest BCUT2D eigenvalue weighted by molar-refractivity contribution is 7.13. The molecule has 0 fully saturated rings. The van der Waals surface area contributed by atoms with Gasteiger partial charge in [-0.05, 0) is 41.3 Å². The maximum atomic E-state index is 12.5. The van der Waals surface area contributed by atoms with E-state index in [9.17, 15) is 4.79 Å². The third-order valence-corrected chi connectivity index (χ3v) is 5.45. The normalized spacial score (nSPS) is 10.7. The van der Waals surface area contributed by atoms with E-state index in [0.717, 1.165) is 21.9 Å². The molecule has 0 aliphatic carbocycles. The third-order valence-electron chi connectivity index (χ3n) is 4.57. The van der Waals surface area contributed by atoms with Gasteiger partial charge < -0.3 is 10.1 Å². The van der Waals surface area contributed by atoms with Crippen LogP contribution in [0.3, 0.4) is 0 Å². The summed E-state index contributed by atoms with van der Waals surface area (Å²) in [5, 5.41) is 9.82.